The number of carbonyl (C=O) groups is 4. The summed E-state index contributed by atoms with van der Waals surface area (Å²) < 4.78 is 0. The maximum absolute atomic E-state index is 13.8. The Bertz CT molecular complexity index is 1890. The summed E-state index contributed by atoms with van der Waals surface area (Å²) in [7, 11) is 0. The first-order chi connectivity index (χ1) is 24.2. The molecule has 258 valence electrons. The number of hydrazone groups is 1. The number of hydrogen-bond donors (Lipinski definition) is 4. The van der Waals surface area contributed by atoms with Crippen molar-refractivity contribution in [1.82, 2.24) is 25.2 Å². The molecule has 50 heavy (non-hydrogen) atoms. The number of benzene rings is 2. The number of nitrogens with two attached hydrogens (primary N) is 1. The molecule has 4 aromatic rings. The molecule has 0 radical (unpaired) electrons. The highest BCUT2D eigenvalue weighted by Gasteiger charge is 2.33. The topological polar surface area (TPSA) is 183 Å². The number of carboxylic acid groups (broad SMARTS) is 1. The van der Waals surface area contributed by atoms with E-state index in [1.165, 1.54) is 0 Å². The first kappa shape index (κ1) is 34.2. The second-order valence-electron chi connectivity index (χ2n) is 12.6. The van der Waals surface area contributed by atoms with Crippen LogP contribution in [0, 0.1) is 0 Å². The van der Waals surface area contributed by atoms with Gasteiger partial charge in [-0.15, -0.1) is 0 Å². The van der Waals surface area contributed by atoms with Crippen LogP contribution in [0.1, 0.15) is 66.7 Å². The largest absolute Gasteiger partial charge is 0.480 e. The maximum atomic E-state index is 13.8. The van der Waals surface area contributed by atoms with Crippen molar-refractivity contribution in [3.05, 3.63) is 102 Å². The van der Waals surface area contributed by atoms with Gasteiger partial charge in [-0.1, -0.05) is 43.2 Å². The van der Waals surface area contributed by atoms with E-state index in [4.69, 9.17) is 15.9 Å². The molecule has 6 rings (SSSR count). The van der Waals surface area contributed by atoms with Gasteiger partial charge in [-0.05, 0) is 65.4 Å². The van der Waals surface area contributed by atoms with Gasteiger partial charge in [-0.2, -0.15) is 5.10 Å². The fraction of sp³-hybridized carbons (Fsp3) is 0.324. The summed E-state index contributed by atoms with van der Waals surface area (Å²) in [6.07, 6.45) is 8.50. The van der Waals surface area contributed by atoms with Crippen LogP contribution in [0.5, 0.6) is 0 Å². The Morgan fingerprint density at radius 1 is 0.960 bits per heavy atom. The van der Waals surface area contributed by atoms with E-state index >= 15 is 0 Å². The van der Waals surface area contributed by atoms with Gasteiger partial charge in [0.15, 0.2) is 0 Å². The van der Waals surface area contributed by atoms with Gasteiger partial charge in [0.2, 0.25) is 5.91 Å². The molecule has 0 spiro atoms. The number of urea groups is 1. The highest BCUT2D eigenvalue weighted by Crippen LogP contribution is 2.31. The lowest BCUT2D eigenvalue weighted by molar-refractivity contribution is -0.140. The average molecular weight is 677 g/mol. The van der Waals surface area contributed by atoms with Crippen molar-refractivity contribution in [3.63, 3.8) is 0 Å². The zero-order valence-electron chi connectivity index (χ0n) is 27.6. The number of unbranched alkanes of at least 4 members (excludes halogenated alkanes) is 3. The van der Waals surface area contributed by atoms with Crippen LogP contribution in [-0.2, 0) is 27.5 Å². The average Bonchev–Trinajstić information content (AvgIpc) is 3.57. The molecule has 0 saturated carbocycles. The van der Waals surface area contributed by atoms with Gasteiger partial charge in [0.1, 0.15) is 6.04 Å². The summed E-state index contributed by atoms with van der Waals surface area (Å²) in [5, 5.41) is 21.9. The molecule has 13 nitrogen and oxygen atoms in total. The number of aromatic nitrogens is 2. The number of nitrogens with zero attached hydrogens (tertiary/aromatic N) is 5. The monoisotopic (exact) mass is 676 g/mol. The number of rotatable bonds is 13. The Balaban J connectivity index is 1.09. The van der Waals surface area contributed by atoms with Crippen LogP contribution in [0.25, 0.3) is 10.9 Å². The minimum Gasteiger partial charge on any atom is -0.480 e. The minimum absolute atomic E-state index is 0.0724. The van der Waals surface area contributed by atoms with Crippen LogP contribution >= 0.6 is 0 Å². The van der Waals surface area contributed by atoms with E-state index in [1.807, 2.05) is 60.7 Å². The molecule has 2 aromatic carbocycles. The highest BCUT2D eigenvalue weighted by molar-refractivity contribution is 6.06. The summed E-state index contributed by atoms with van der Waals surface area (Å²) >= 11 is 0. The van der Waals surface area contributed by atoms with Crippen LogP contribution < -0.4 is 16.4 Å². The van der Waals surface area contributed by atoms with E-state index in [0.29, 0.717) is 51.1 Å². The normalized spacial score (nSPS) is 16.1. The number of nitrogens with one attached hydrogen (secondary N) is 2. The number of amides is 4. The molecule has 0 aliphatic carbocycles. The van der Waals surface area contributed by atoms with E-state index in [-0.39, 0.29) is 24.3 Å². The number of pyridine rings is 2. The Morgan fingerprint density at radius 2 is 1.76 bits per heavy atom. The molecule has 0 fully saturated rings. The molecule has 2 aliphatic rings. The van der Waals surface area contributed by atoms with Crippen molar-refractivity contribution in [3.8, 4) is 0 Å². The Labute approximate surface area is 289 Å². The number of fused-ring (bicyclic) bond motifs is 2. The van der Waals surface area contributed by atoms with E-state index < -0.39 is 17.9 Å². The summed E-state index contributed by atoms with van der Waals surface area (Å²) in [5.41, 5.74) is 11.6. The first-order valence-electron chi connectivity index (χ1n) is 16.8. The van der Waals surface area contributed by atoms with Gasteiger partial charge in [0, 0.05) is 62.3 Å². The van der Waals surface area contributed by atoms with Crippen LogP contribution in [0.3, 0.4) is 0 Å². The van der Waals surface area contributed by atoms with Crippen LogP contribution in [0.4, 0.5) is 10.5 Å². The predicted octanol–water partition coefficient (Wildman–Crippen LogP) is 4.38. The Kier molecular flexibility index (Phi) is 10.7. The molecule has 0 bridgehead atoms. The smallest absolute Gasteiger partial charge is 0.322 e. The molecule has 2 aliphatic heterocycles. The van der Waals surface area contributed by atoms with Crippen LogP contribution in [-0.4, -0.2) is 73.6 Å². The lowest BCUT2D eigenvalue weighted by Crippen LogP contribution is -2.38. The van der Waals surface area contributed by atoms with Crippen molar-refractivity contribution < 1.29 is 24.3 Å². The van der Waals surface area contributed by atoms with Gasteiger partial charge in [-0.3, -0.25) is 24.4 Å². The molecule has 4 heterocycles. The molecule has 2 atom stereocenters. The SMILES string of the molecule is NC(CC(=O)NCCCCCCN1N=C(c2ccc(NC(=O)N3Cc4ccncc4C3)cc2)CC(c2ccc3cccnc3c2)C1=O)C(=O)O. The van der Waals surface area contributed by atoms with E-state index in [0.717, 1.165) is 51.7 Å². The zero-order valence-corrected chi connectivity index (χ0v) is 27.6. The zero-order chi connectivity index (χ0) is 35.0. The van der Waals surface area contributed by atoms with Gasteiger partial charge in [0.25, 0.3) is 5.91 Å². The second kappa shape index (κ2) is 15.7. The predicted molar refractivity (Wildman–Crippen MR) is 188 cm³/mol. The standard InChI is InChI=1S/C37H40N8O5/c38-31(36(48)49)20-34(46)41-14-3-1-2-4-17-45-35(47)30(26-8-7-24-6-5-15-40-32(24)18-26)19-33(43-45)25-9-11-29(12-10-25)42-37(50)44-22-27-13-16-39-21-28(27)23-44/h5-13,15-16,18,21,30-31H,1-4,14,17,19-20,22-23,38H2,(H,41,46)(H,42,50)(H,48,49). The number of aliphatic carboxylic acids is 1. The quantitative estimate of drug-likeness (QED) is 0.151. The van der Waals surface area contributed by atoms with Crippen molar-refractivity contribution in [2.24, 2.45) is 10.8 Å². The van der Waals surface area contributed by atoms with Crippen molar-refractivity contribution in [2.45, 2.75) is 63.6 Å². The lowest BCUT2D eigenvalue weighted by atomic mass is 9.88. The number of hydrogen-bond acceptors (Lipinski definition) is 8. The summed E-state index contributed by atoms with van der Waals surface area (Å²) in [6.45, 7) is 1.91. The maximum Gasteiger partial charge on any atom is 0.322 e. The minimum atomic E-state index is -1.21. The molecular formula is C37H40N8O5. The molecule has 2 unspecified atom stereocenters. The molecule has 4 amide bonds. The summed E-state index contributed by atoms with van der Waals surface area (Å²) in [5.74, 6) is -2.11. The summed E-state index contributed by atoms with van der Waals surface area (Å²) in [4.78, 5) is 60.0. The fourth-order valence-corrected chi connectivity index (χ4v) is 6.23. The van der Waals surface area contributed by atoms with Crippen molar-refractivity contribution >= 4 is 46.1 Å². The van der Waals surface area contributed by atoms with Crippen LogP contribution in [0.15, 0.2) is 84.4 Å². The molecular weight excluding hydrogens is 636 g/mol. The fourth-order valence-electron chi connectivity index (χ4n) is 6.23. The number of carbonyl (C=O) groups excluding carboxylic acids is 3. The van der Waals surface area contributed by atoms with Gasteiger partial charge < -0.3 is 26.4 Å². The first-order valence-corrected chi connectivity index (χ1v) is 16.8. The van der Waals surface area contributed by atoms with Gasteiger partial charge in [-0.25, -0.2) is 9.80 Å². The van der Waals surface area contributed by atoms with E-state index in [1.54, 1.807) is 28.5 Å². The third-order valence-electron chi connectivity index (χ3n) is 9.05. The number of anilines is 1. The Morgan fingerprint density at radius 3 is 2.56 bits per heavy atom. The third-order valence-corrected chi connectivity index (χ3v) is 9.05. The molecule has 5 N–H and O–H groups in total. The van der Waals surface area contributed by atoms with Crippen LogP contribution in [0.2, 0.25) is 0 Å². The van der Waals surface area contributed by atoms with E-state index in [9.17, 15) is 19.2 Å². The van der Waals surface area contributed by atoms with Gasteiger partial charge in [0.05, 0.1) is 23.6 Å². The summed E-state index contributed by atoms with van der Waals surface area (Å²) in [6, 6.07) is 17.9. The van der Waals surface area contributed by atoms with Crippen molar-refractivity contribution in [1.29, 1.82) is 0 Å². The van der Waals surface area contributed by atoms with E-state index in [2.05, 4.69) is 20.6 Å². The third kappa shape index (κ3) is 8.29. The number of carboxylic acids is 1. The van der Waals surface area contributed by atoms with Gasteiger partial charge >= 0.3 is 12.0 Å². The van der Waals surface area contributed by atoms with Crippen molar-refractivity contribution in [2.75, 3.05) is 18.4 Å². The molecule has 2 aromatic heterocycles. The lowest BCUT2D eigenvalue weighted by Gasteiger charge is -2.30. The Hall–Kier alpha value is -5.69. The highest BCUT2D eigenvalue weighted by atomic mass is 16.4. The molecule has 13 heteroatoms. The second-order valence-corrected chi connectivity index (χ2v) is 12.6. The molecule has 0 saturated heterocycles.